The molecule has 1 heterocycles. The Morgan fingerprint density at radius 1 is 0.643 bits per heavy atom. The topological polar surface area (TPSA) is 12.5 Å². The molecule has 2 nitrogen and oxygen atoms in total. The fourth-order valence-corrected chi connectivity index (χ4v) is 5.35. The molecule has 0 N–H and O–H groups in total. The monoisotopic (exact) mass is 393 g/mol. The van der Waals surface area contributed by atoms with Crippen LogP contribution in [0.2, 0.25) is 0 Å². The number of rotatable bonds is 15. The molecule has 0 spiro atoms. The van der Waals surface area contributed by atoms with Crippen LogP contribution in [0.4, 0.5) is 0 Å². The van der Waals surface area contributed by atoms with Crippen molar-refractivity contribution in [2.45, 2.75) is 142 Å². The van der Waals surface area contributed by atoms with Crippen LogP contribution in [0, 0.1) is 5.92 Å². The predicted molar refractivity (Wildman–Crippen MR) is 123 cm³/mol. The van der Waals surface area contributed by atoms with E-state index in [4.69, 9.17) is 4.74 Å². The van der Waals surface area contributed by atoms with Crippen molar-refractivity contribution in [2.24, 2.45) is 5.92 Å². The van der Waals surface area contributed by atoms with Gasteiger partial charge in [0, 0.05) is 12.6 Å². The van der Waals surface area contributed by atoms with Crippen LogP contribution in [0.3, 0.4) is 0 Å². The molecule has 2 fully saturated rings. The van der Waals surface area contributed by atoms with Gasteiger partial charge in [-0.25, -0.2) is 0 Å². The number of unbranched alkanes of at least 4 members (excludes halogenated alkanes) is 9. The molecule has 1 aliphatic carbocycles. The first-order valence-corrected chi connectivity index (χ1v) is 13.2. The highest BCUT2D eigenvalue weighted by Crippen LogP contribution is 2.30. The average Bonchev–Trinajstić information content (AvgIpc) is 2.74. The van der Waals surface area contributed by atoms with Crippen LogP contribution in [-0.4, -0.2) is 36.7 Å². The first-order valence-electron chi connectivity index (χ1n) is 13.2. The van der Waals surface area contributed by atoms with Crippen LogP contribution < -0.4 is 0 Å². The van der Waals surface area contributed by atoms with Crippen LogP contribution in [0.25, 0.3) is 0 Å². The molecular formula is C26H51NO. The number of ether oxygens (including phenoxy) is 1. The van der Waals surface area contributed by atoms with Gasteiger partial charge < -0.3 is 9.64 Å². The zero-order valence-corrected chi connectivity index (χ0v) is 19.4. The van der Waals surface area contributed by atoms with Gasteiger partial charge in [-0.15, -0.1) is 0 Å². The van der Waals surface area contributed by atoms with Gasteiger partial charge in [0.1, 0.15) is 0 Å². The van der Waals surface area contributed by atoms with E-state index in [9.17, 15) is 0 Å². The molecule has 0 radical (unpaired) electrons. The van der Waals surface area contributed by atoms with Crippen molar-refractivity contribution in [2.75, 3.05) is 19.7 Å². The molecule has 0 aromatic rings. The maximum absolute atomic E-state index is 6.22. The van der Waals surface area contributed by atoms with E-state index in [1.165, 1.54) is 129 Å². The Balaban J connectivity index is 1.44. The van der Waals surface area contributed by atoms with Gasteiger partial charge >= 0.3 is 0 Å². The predicted octanol–water partition coefficient (Wildman–Crippen LogP) is 7.75. The van der Waals surface area contributed by atoms with E-state index in [1.54, 1.807) is 0 Å². The van der Waals surface area contributed by atoms with Crippen molar-refractivity contribution in [1.29, 1.82) is 0 Å². The van der Waals surface area contributed by atoms with E-state index in [-0.39, 0.29) is 0 Å². The van der Waals surface area contributed by atoms with Gasteiger partial charge in [-0.1, -0.05) is 84.5 Å². The van der Waals surface area contributed by atoms with E-state index in [1.807, 2.05) is 0 Å². The van der Waals surface area contributed by atoms with Gasteiger partial charge in [-0.2, -0.15) is 0 Å². The number of piperidine rings is 1. The molecule has 2 rings (SSSR count). The van der Waals surface area contributed by atoms with E-state index >= 15 is 0 Å². The first-order chi connectivity index (χ1) is 13.8. The molecule has 0 aromatic heterocycles. The molecule has 1 saturated carbocycles. The third kappa shape index (κ3) is 10.1. The Bertz CT molecular complexity index is 342. The van der Waals surface area contributed by atoms with E-state index in [0.29, 0.717) is 6.10 Å². The zero-order chi connectivity index (χ0) is 19.9. The minimum absolute atomic E-state index is 0.562. The molecule has 0 aromatic carbocycles. The summed E-state index contributed by atoms with van der Waals surface area (Å²) < 4.78 is 6.22. The molecule has 1 saturated heterocycles. The minimum Gasteiger partial charge on any atom is -0.378 e. The summed E-state index contributed by atoms with van der Waals surface area (Å²) in [6, 6.07) is 0.861. The van der Waals surface area contributed by atoms with Crippen molar-refractivity contribution in [1.82, 2.24) is 4.90 Å². The lowest BCUT2D eigenvalue weighted by atomic mass is 9.87. The summed E-state index contributed by atoms with van der Waals surface area (Å²) in [4.78, 5) is 2.82. The van der Waals surface area contributed by atoms with E-state index in [2.05, 4.69) is 18.7 Å². The minimum atomic E-state index is 0.562. The summed E-state index contributed by atoms with van der Waals surface area (Å²) in [7, 11) is 0. The normalized spacial score (nSPS) is 24.6. The second-order valence-corrected chi connectivity index (χ2v) is 9.75. The summed E-state index contributed by atoms with van der Waals surface area (Å²) >= 11 is 0. The van der Waals surface area contributed by atoms with Gasteiger partial charge in [-0.3, -0.25) is 0 Å². The van der Waals surface area contributed by atoms with Gasteiger partial charge in [0.05, 0.1) is 6.10 Å². The Kier molecular flexibility index (Phi) is 13.6. The van der Waals surface area contributed by atoms with Crippen LogP contribution in [0.1, 0.15) is 129 Å². The molecule has 0 atom stereocenters. The number of hydrogen-bond donors (Lipinski definition) is 0. The molecule has 166 valence electrons. The van der Waals surface area contributed by atoms with Crippen molar-refractivity contribution in [3.05, 3.63) is 0 Å². The quantitative estimate of drug-likeness (QED) is 0.264. The fourth-order valence-electron chi connectivity index (χ4n) is 5.35. The van der Waals surface area contributed by atoms with E-state index < -0.39 is 0 Å². The SMILES string of the molecule is CCCCCCCCCCOC1CCC(N2CCC(CCCCC)CC2)CC1. The van der Waals surface area contributed by atoms with Crippen LogP contribution in [0.5, 0.6) is 0 Å². The number of nitrogens with zero attached hydrogens (tertiary/aromatic N) is 1. The molecule has 2 aliphatic rings. The smallest absolute Gasteiger partial charge is 0.0576 e. The summed E-state index contributed by atoms with van der Waals surface area (Å²) in [5.41, 5.74) is 0. The molecule has 0 amide bonds. The largest absolute Gasteiger partial charge is 0.378 e. The van der Waals surface area contributed by atoms with Crippen LogP contribution in [0.15, 0.2) is 0 Å². The van der Waals surface area contributed by atoms with Crippen LogP contribution >= 0.6 is 0 Å². The Hall–Kier alpha value is -0.0800. The molecular weight excluding hydrogens is 342 g/mol. The highest BCUT2D eigenvalue weighted by atomic mass is 16.5. The Morgan fingerprint density at radius 2 is 1.21 bits per heavy atom. The number of hydrogen-bond acceptors (Lipinski definition) is 2. The Labute approximate surface area is 177 Å². The molecule has 0 bridgehead atoms. The average molecular weight is 394 g/mol. The Morgan fingerprint density at radius 3 is 1.86 bits per heavy atom. The second-order valence-electron chi connectivity index (χ2n) is 9.75. The zero-order valence-electron chi connectivity index (χ0n) is 19.4. The summed E-state index contributed by atoms with van der Waals surface area (Å²) in [6.45, 7) is 8.35. The maximum atomic E-state index is 6.22. The maximum Gasteiger partial charge on any atom is 0.0576 e. The number of likely N-dealkylation sites (tertiary alicyclic amines) is 1. The molecule has 2 heteroatoms. The van der Waals surface area contributed by atoms with Gasteiger partial charge in [0.25, 0.3) is 0 Å². The lowest BCUT2D eigenvalue weighted by Gasteiger charge is -2.41. The second kappa shape index (κ2) is 15.7. The van der Waals surface area contributed by atoms with Crippen molar-refractivity contribution in [3.63, 3.8) is 0 Å². The lowest BCUT2D eigenvalue weighted by Crippen LogP contribution is -2.44. The lowest BCUT2D eigenvalue weighted by molar-refractivity contribution is 0.000119. The van der Waals surface area contributed by atoms with Crippen molar-refractivity contribution < 1.29 is 4.74 Å². The van der Waals surface area contributed by atoms with Gasteiger partial charge in [-0.05, 0) is 64.0 Å². The highest BCUT2D eigenvalue weighted by Gasteiger charge is 2.29. The van der Waals surface area contributed by atoms with E-state index in [0.717, 1.165) is 18.6 Å². The first kappa shape index (κ1) is 24.2. The highest BCUT2D eigenvalue weighted by molar-refractivity contribution is 4.83. The summed E-state index contributed by atoms with van der Waals surface area (Å²) in [6.07, 6.45) is 25.7. The standard InChI is InChI=1S/C26H51NO/c1-3-5-7-8-9-10-11-13-23-28-26-17-15-25(16-18-26)27-21-19-24(20-22-27)14-12-6-4-2/h24-26H,3-23H2,1-2H3. The van der Waals surface area contributed by atoms with Crippen molar-refractivity contribution >= 4 is 0 Å². The van der Waals surface area contributed by atoms with Crippen molar-refractivity contribution in [3.8, 4) is 0 Å². The molecule has 1 aliphatic heterocycles. The van der Waals surface area contributed by atoms with Gasteiger partial charge in [0.15, 0.2) is 0 Å². The molecule has 28 heavy (non-hydrogen) atoms. The third-order valence-electron chi connectivity index (χ3n) is 7.38. The third-order valence-corrected chi connectivity index (χ3v) is 7.38. The molecule has 0 unspecified atom stereocenters. The summed E-state index contributed by atoms with van der Waals surface area (Å²) in [5, 5.41) is 0. The van der Waals surface area contributed by atoms with Gasteiger partial charge in [0.2, 0.25) is 0 Å². The fraction of sp³-hybridized carbons (Fsp3) is 1.00. The van der Waals surface area contributed by atoms with Crippen LogP contribution in [-0.2, 0) is 4.74 Å². The summed E-state index contributed by atoms with van der Waals surface area (Å²) in [5.74, 6) is 1.02.